The van der Waals surface area contributed by atoms with Crippen LogP contribution in [-0.2, 0) is 11.3 Å². The number of benzene rings is 1. The molecule has 27 heavy (non-hydrogen) atoms. The number of nitrogens with one attached hydrogen (secondary N) is 1. The third-order valence-electron chi connectivity index (χ3n) is 3.90. The Morgan fingerprint density at radius 3 is 2.78 bits per heavy atom. The van der Waals surface area contributed by atoms with E-state index in [4.69, 9.17) is 4.74 Å². The van der Waals surface area contributed by atoms with Gasteiger partial charge in [-0.05, 0) is 43.9 Å². The minimum absolute atomic E-state index is 0.172. The van der Waals surface area contributed by atoms with Gasteiger partial charge in [0.1, 0.15) is 5.01 Å². The van der Waals surface area contributed by atoms with Crippen molar-refractivity contribution >= 4 is 29.0 Å². The summed E-state index contributed by atoms with van der Waals surface area (Å²) in [5.41, 5.74) is 2.14. The number of esters is 1. The average molecular weight is 390 g/mol. The molecule has 0 saturated heterocycles. The van der Waals surface area contributed by atoms with Crippen molar-refractivity contribution in [2.24, 2.45) is 5.92 Å². The zero-order valence-corrected chi connectivity index (χ0v) is 17.1. The van der Waals surface area contributed by atoms with Gasteiger partial charge in [-0.1, -0.05) is 26.0 Å². The molecule has 1 aromatic carbocycles. The SMILES string of the molecule is CCOC(=O)c1csc(CN(CCC(C)C)C(=O)Nc2cccc(C)c2)n1. The van der Waals surface area contributed by atoms with Crippen molar-refractivity contribution in [3.8, 4) is 0 Å². The van der Waals surface area contributed by atoms with E-state index in [9.17, 15) is 9.59 Å². The maximum Gasteiger partial charge on any atom is 0.357 e. The van der Waals surface area contributed by atoms with Gasteiger partial charge in [-0.25, -0.2) is 14.6 Å². The molecule has 0 aliphatic carbocycles. The average Bonchev–Trinajstić information content (AvgIpc) is 3.07. The Morgan fingerprint density at radius 1 is 1.33 bits per heavy atom. The first kappa shape index (κ1) is 20.9. The summed E-state index contributed by atoms with van der Waals surface area (Å²) in [6, 6.07) is 7.53. The van der Waals surface area contributed by atoms with Crippen LogP contribution in [0.3, 0.4) is 0 Å². The Labute approximate surface area is 164 Å². The maximum atomic E-state index is 12.8. The van der Waals surface area contributed by atoms with Crippen molar-refractivity contribution in [1.29, 1.82) is 0 Å². The number of aromatic nitrogens is 1. The normalized spacial score (nSPS) is 10.7. The van der Waals surface area contributed by atoms with Crippen molar-refractivity contribution in [3.63, 3.8) is 0 Å². The summed E-state index contributed by atoms with van der Waals surface area (Å²) in [7, 11) is 0. The number of carbonyl (C=O) groups is 2. The highest BCUT2D eigenvalue weighted by Gasteiger charge is 2.18. The van der Waals surface area contributed by atoms with Gasteiger partial charge in [-0.2, -0.15) is 0 Å². The number of thiazole rings is 1. The summed E-state index contributed by atoms with van der Waals surface area (Å²) in [5, 5.41) is 5.33. The van der Waals surface area contributed by atoms with Crippen LogP contribution in [0.25, 0.3) is 0 Å². The van der Waals surface area contributed by atoms with Crippen LogP contribution in [0.1, 0.15) is 48.3 Å². The van der Waals surface area contributed by atoms with Crippen molar-refractivity contribution in [2.75, 3.05) is 18.5 Å². The van der Waals surface area contributed by atoms with E-state index in [0.29, 0.717) is 36.3 Å². The van der Waals surface area contributed by atoms with Crippen molar-refractivity contribution in [2.45, 2.75) is 40.7 Å². The molecule has 0 aliphatic heterocycles. The standard InChI is InChI=1S/C20H27N3O3S/c1-5-26-19(24)17-13-27-18(22-17)12-23(10-9-14(2)3)20(25)21-16-8-6-7-15(4)11-16/h6-8,11,13-14H,5,9-10,12H2,1-4H3,(H,21,25). The molecule has 0 bridgehead atoms. The molecule has 1 heterocycles. The highest BCUT2D eigenvalue weighted by molar-refractivity contribution is 7.09. The number of anilines is 1. The number of carbonyl (C=O) groups excluding carboxylic acids is 2. The summed E-state index contributed by atoms with van der Waals surface area (Å²) in [6.07, 6.45) is 0.886. The number of amides is 2. The van der Waals surface area contributed by atoms with E-state index in [1.807, 2.05) is 31.2 Å². The number of aryl methyl sites for hydroxylation is 1. The predicted molar refractivity (Wildman–Crippen MR) is 108 cm³/mol. The molecular formula is C20H27N3O3S. The second-order valence-electron chi connectivity index (χ2n) is 6.75. The van der Waals surface area contributed by atoms with Gasteiger partial charge in [0.15, 0.2) is 5.69 Å². The number of nitrogens with zero attached hydrogens (tertiary/aromatic N) is 2. The zero-order valence-electron chi connectivity index (χ0n) is 16.3. The van der Waals surface area contributed by atoms with E-state index in [1.165, 1.54) is 11.3 Å². The van der Waals surface area contributed by atoms with Gasteiger partial charge < -0.3 is 15.0 Å². The molecule has 7 heteroatoms. The first-order valence-electron chi connectivity index (χ1n) is 9.13. The highest BCUT2D eigenvalue weighted by atomic mass is 32.1. The molecule has 1 aromatic heterocycles. The van der Waals surface area contributed by atoms with Crippen molar-refractivity contribution in [1.82, 2.24) is 9.88 Å². The monoisotopic (exact) mass is 389 g/mol. The van der Waals surface area contributed by atoms with Crippen LogP contribution < -0.4 is 5.32 Å². The van der Waals surface area contributed by atoms with Crippen LogP contribution in [0.5, 0.6) is 0 Å². The summed E-state index contributed by atoms with van der Waals surface area (Å²) < 4.78 is 4.98. The van der Waals surface area contributed by atoms with Gasteiger partial charge in [-0.3, -0.25) is 0 Å². The quantitative estimate of drug-likeness (QED) is 0.664. The molecule has 0 fully saturated rings. The molecule has 0 aliphatic rings. The van der Waals surface area contributed by atoms with E-state index < -0.39 is 5.97 Å². The van der Waals surface area contributed by atoms with E-state index in [-0.39, 0.29) is 6.03 Å². The lowest BCUT2D eigenvalue weighted by Gasteiger charge is -2.23. The first-order valence-corrected chi connectivity index (χ1v) is 10.0. The Balaban J connectivity index is 2.09. The van der Waals surface area contributed by atoms with Gasteiger partial charge in [0.25, 0.3) is 0 Å². The molecule has 0 saturated carbocycles. The lowest BCUT2D eigenvalue weighted by Crippen LogP contribution is -2.35. The lowest BCUT2D eigenvalue weighted by molar-refractivity contribution is 0.0520. The molecule has 2 rings (SSSR count). The number of hydrogen-bond donors (Lipinski definition) is 1. The van der Waals surface area contributed by atoms with Crippen LogP contribution >= 0.6 is 11.3 Å². The molecule has 146 valence electrons. The minimum atomic E-state index is -0.432. The summed E-state index contributed by atoms with van der Waals surface area (Å²) in [6.45, 7) is 9.27. The summed E-state index contributed by atoms with van der Waals surface area (Å²) in [4.78, 5) is 30.6. The molecule has 6 nitrogen and oxygen atoms in total. The second kappa shape index (κ2) is 10.1. The van der Waals surface area contributed by atoms with Crippen molar-refractivity contribution in [3.05, 3.63) is 45.9 Å². The van der Waals surface area contributed by atoms with Crippen LogP contribution in [-0.4, -0.2) is 35.0 Å². The second-order valence-corrected chi connectivity index (χ2v) is 7.69. The van der Waals surface area contributed by atoms with E-state index in [0.717, 1.165) is 17.7 Å². The fourth-order valence-electron chi connectivity index (χ4n) is 2.44. The van der Waals surface area contributed by atoms with E-state index in [1.54, 1.807) is 17.2 Å². The van der Waals surface area contributed by atoms with Crippen LogP contribution in [0.15, 0.2) is 29.6 Å². The van der Waals surface area contributed by atoms with E-state index >= 15 is 0 Å². The molecule has 0 spiro atoms. The zero-order chi connectivity index (χ0) is 19.8. The summed E-state index contributed by atoms with van der Waals surface area (Å²) in [5.74, 6) is 0.0450. The van der Waals surface area contributed by atoms with Gasteiger partial charge in [0.05, 0.1) is 13.2 Å². The Kier molecular flexibility index (Phi) is 7.79. The first-order chi connectivity index (χ1) is 12.9. The van der Waals surface area contributed by atoms with Crippen LogP contribution in [0.2, 0.25) is 0 Å². The fraction of sp³-hybridized carbons (Fsp3) is 0.450. The van der Waals surface area contributed by atoms with Gasteiger partial charge in [0, 0.05) is 17.6 Å². The summed E-state index contributed by atoms with van der Waals surface area (Å²) >= 11 is 1.36. The molecule has 0 radical (unpaired) electrons. The molecule has 2 aromatic rings. The number of urea groups is 1. The maximum absolute atomic E-state index is 12.8. The van der Waals surface area contributed by atoms with Crippen LogP contribution in [0.4, 0.5) is 10.5 Å². The van der Waals surface area contributed by atoms with Gasteiger partial charge in [-0.15, -0.1) is 11.3 Å². The Bertz CT molecular complexity index is 773. The fourth-order valence-corrected chi connectivity index (χ4v) is 3.22. The Hall–Kier alpha value is -2.41. The van der Waals surface area contributed by atoms with E-state index in [2.05, 4.69) is 24.1 Å². The lowest BCUT2D eigenvalue weighted by atomic mass is 10.1. The highest BCUT2D eigenvalue weighted by Crippen LogP contribution is 2.17. The molecule has 0 unspecified atom stereocenters. The van der Waals surface area contributed by atoms with Gasteiger partial charge >= 0.3 is 12.0 Å². The topological polar surface area (TPSA) is 71.5 Å². The van der Waals surface area contributed by atoms with Crippen LogP contribution in [0, 0.1) is 12.8 Å². The predicted octanol–water partition coefficient (Wildman–Crippen LogP) is 4.71. The van der Waals surface area contributed by atoms with Gasteiger partial charge in [0.2, 0.25) is 0 Å². The van der Waals surface area contributed by atoms with Crippen molar-refractivity contribution < 1.29 is 14.3 Å². The number of rotatable bonds is 8. The molecular weight excluding hydrogens is 362 g/mol. The Morgan fingerprint density at radius 2 is 2.11 bits per heavy atom. The third kappa shape index (κ3) is 6.67. The number of ether oxygens (including phenoxy) is 1. The minimum Gasteiger partial charge on any atom is -0.461 e. The smallest absolute Gasteiger partial charge is 0.357 e. The molecule has 0 atom stereocenters. The molecule has 1 N–H and O–H groups in total. The number of hydrogen-bond acceptors (Lipinski definition) is 5. The third-order valence-corrected chi connectivity index (χ3v) is 4.73. The molecule has 2 amide bonds. The largest absolute Gasteiger partial charge is 0.461 e.